The normalized spacial score (nSPS) is 28.0. The lowest BCUT2D eigenvalue weighted by molar-refractivity contribution is -0.0357. The molecule has 2 saturated heterocycles. The van der Waals surface area contributed by atoms with Crippen LogP contribution in [0.15, 0.2) is 23.4 Å². The summed E-state index contributed by atoms with van der Waals surface area (Å²) in [6.45, 7) is -4.35. The first-order valence-electron chi connectivity index (χ1n) is 12.4. The van der Waals surface area contributed by atoms with Gasteiger partial charge in [0.1, 0.15) is 48.5 Å². The molecule has 2 aliphatic heterocycles. The molecule has 8 atom stereocenters. The Balaban J connectivity index is 1.24. The lowest BCUT2D eigenvalue weighted by Crippen LogP contribution is -2.29. The van der Waals surface area contributed by atoms with Crippen LogP contribution in [0.2, 0.25) is 0 Å². The highest BCUT2D eigenvalue weighted by atomic mass is 32.7. The second-order valence-electron chi connectivity index (χ2n) is 9.62. The molecule has 0 aliphatic carbocycles. The van der Waals surface area contributed by atoms with Gasteiger partial charge in [-0.1, -0.05) is 5.21 Å². The Morgan fingerprint density at radius 3 is 2.86 bits per heavy atom. The molecular weight excluding hydrogens is 634 g/mol. The smallest absolute Gasteiger partial charge is 0.394 e. The molecule has 2 fully saturated rings. The number of rotatable bonds is 9. The number of nitrogen functional groups attached to an aromatic ring is 2. The number of thiol groups is 1. The highest BCUT2D eigenvalue weighted by Gasteiger charge is 2.48. The van der Waals surface area contributed by atoms with Gasteiger partial charge in [-0.05, 0) is 28.9 Å². The van der Waals surface area contributed by atoms with E-state index < -0.39 is 55.7 Å². The van der Waals surface area contributed by atoms with Crippen molar-refractivity contribution in [1.82, 2.24) is 39.5 Å². The van der Waals surface area contributed by atoms with Gasteiger partial charge in [-0.3, -0.25) is 9.78 Å². The summed E-state index contributed by atoms with van der Waals surface area (Å²) in [6.07, 6.45) is -0.505. The van der Waals surface area contributed by atoms with Crippen molar-refractivity contribution in [3.8, 4) is 0 Å². The van der Waals surface area contributed by atoms with Gasteiger partial charge in [0.15, 0.2) is 23.9 Å². The van der Waals surface area contributed by atoms with Crippen LogP contribution in [0.25, 0.3) is 22.2 Å². The van der Waals surface area contributed by atoms with E-state index in [2.05, 4.69) is 42.5 Å². The number of aliphatic hydroxyl groups excluding tert-OH is 1. The van der Waals surface area contributed by atoms with Crippen LogP contribution in [0.1, 0.15) is 25.3 Å². The topological polar surface area (TPSA) is 254 Å². The molecule has 4 aromatic rings. The lowest BCUT2D eigenvalue weighted by Gasteiger charge is -2.27. The molecule has 0 aromatic carbocycles. The van der Waals surface area contributed by atoms with Crippen LogP contribution in [0.5, 0.6) is 0 Å². The maximum atomic E-state index is 12.3. The van der Waals surface area contributed by atoms with Crippen molar-refractivity contribution in [2.45, 2.75) is 49.3 Å². The molecule has 3 unspecified atom stereocenters. The molecule has 22 heteroatoms. The minimum Gasteiger partial charge on any atom is -0.394 e. The van der Waals surface area contributed by atoms with Crippen LogP contribution in [0, 0.1) is 0 Å². The number of hydrogen-bond acceptors (Lipinski definition) is 15. The van der Waals surface area contributed by atoms with Crippen molar-refractivity contribution < 1.29 is 33.1 Å². The maximum absolute atomic E-state index is 12.3. The molecule has 0 spiro atoms. The first-order valence-corrected chi connectivity index (χ1v) is 17.5. The Hall–Kier alpha value is -2.64. The van der Waals surface area contributed by atoms with Crippen molar-refractivity contribution in [2.24, 2.45) is 0 Å². The van der Waals surface area contributed by atoms with Crippen LogP contribution in [0.4, 0.5) is 11.8 Å². The largest absolute Gasteiger partial charge is 0.582 e. The first kappa shape index (κ1) is 29.4. The Morgan fingerprint density at radius 2 is 2.10 bits per heavy atom. The zero-order valence-electron chi connectivity index (χ0n) is 21.4. The van der Waals surface area contributed by atoms with E-state index in [9.17, 15) is 19.4 Å². The molecule has 2 aliphatic rings. The number of ether oxygens (including phenoxy) is 2. The Kier molecular flexibility index (Phi) is 8.03. The number of aliphatic hydroxyl groups is 1. The number of hydrogen-bond donors (Lipinski definition) is 6. The standard InChI is InChI=1S/C20H24N10O8P2S2/c21-15-9-1-2-29(16(9)24-7-23-15)13-4-10(38-39(33)41)11(37-13)6-35-40(34,42)12-3-8(5-31)36-19(12)30-17-14(27-28-30)18(32)26-20(22)25-17/h1-2,7-8,10-13,19,31H,3-6H2,(H6-,21,22,23,24,25,26,28,32,33,34,41,42)/p+1/t8-,10-,11+,12+,13+,19?,40?/m0/s1. The number of nitrogens with zero attached hydrogens (tertiary/aromatic N) is 7. The minimum atomic E-state index is -3.74. The predicted molar refractivity (Wildman–Crippen MR) is 154 cm³/mol. The fraction of sp³-hybridized carbons (Fsp3) is 0.500. The van der Waals surface area contributed by atoms with Crippen molar-refractivity contribution in [2.75, 3.05) is 24.7 Å². The minimum absolute atomic E-state index is 0.0104. The summed E-state index contributed by atoms with van der Waals surface area (Å²) in [4.78, 5) is 38.5. The monoisotopic (exact) mass is 659 g/mol. The third-order valence-corrected chi connectivity index (χ3v) is 10.7. The van der Waals surface area contributed by atoms with Gasteiger partial charge in [0, 0.05) is 12.6 Å². The molecule has 18 nitrogen and oxygen atoms in total. The van der Waals surface area contributed by atoms with Gasteiger partial charge >= 0.3 is 7.23 Å². The quantitative estimate of drug-likeness (QED) is 0.105. The van der Waals surface area contributed by atoms with Crippen LogP contribution in [0.3, 0.4) is 0 Å². The Bertz CT molecular complexity index is 1770. The maximum Gasteiger partial charge on any atom is 0.582 e. The van der Waals surface area contributed by atoms with Crippen LogP contribution < -0.4 is 17.0 Å². The summed E-state index contributed by atoms with van der Waals surface area (Å²) in [6, 6.07) is 1.75. The van der Waals surface area contributed by atoms with Gasteiger partial charge < -0.3 is 40.0 Å². The Labute approximate surface area is 246 Å². The molecular formula is C20H25N10O8P2S2+. The zero-order chi connectivity index (χ0) is 29.8. The second-order valence-corrected chi connectivity index (χ2v) is 14.9. The molecule has 7 N–H and O–H groups in total. The number of nitrogens with two attached hydrogens (primary N) is 2. The average Bonchev–Trinajstić information content (AvgIpc) is 3.71. The van der Waals surface area contributed by atoms with E-state index in [4.69, 9.17) is 41.8 Å². The molecule has 0 amide bonds. The van der Waals surface area contributed by atoms with E-state index in [0.29, 0.717) is 16.9 Å². The molecule has 42 heavy (non-hydrogen) atoms. The highest BCUT2D eigenvalue weighted by Crippen LogP contribution is 2.58. The summed E-state index contributed by atoms with van der Waals surface area (Å²) in [5.74, 6) is 0.135. The van der Waals surface area contributed by atoms with E-state index >= 15 is 0 Å². The summed E-state index contributed by atoms with van der Waals surface area (Å²) in [7, 11) is -2.30. The number of anilines is 2. The van der Waals surface area contributed by atoms with Gasteiger partial charge in [-0.25, -0.2) is 9.97 Å². The van der Waals surface area contributed by atoms with Crippen molar-refractivity contribution in [3.05, 3.63) is 28.9 Å². The molecule has 0 saturated carbocycles. The summed E-state index contributed by atoms with van der Waals surface area (Å²) < 4.78 is 38.4. The van der Waals surface area contributed by atoms with Crippen molar-refractivity contribution >= 4 is 71.7 Å². The van der Waals surface area contributed by atoms with E-state index in [1.807, 2.05) is 0 Å². The first-order chi connectivity index (χ1) is 20.1. The van der Waals surface area contributed by atoms with Gasteiger partial charge in [0.25, 0.3) is 5.56 Å². The van der Waals surface area contributed by atoms with Gasteiger partial charge in [0.05, 0.1) is 30.4 Å². The molecule has 6 rings (SSSR count). The molecule has 0 bridgehead atoms. The molecule has 4 aromatic heterocycles. The number of nitrogens with one attached hydrogen (secondary N) is 1. The second kappa shape index (κ2) is 11.5. The lowest BCUT2D eigenvalue weighted by atomic mass is 10.2. The van der Waals surface area contributed by atoms with Crippen LogP contribution in [-0.4, -0.2) is 86.7 Å². The van der Waals surface area contributed by atoms with E-state index in [1.54, 1.807) is 16.8 Å². The van der Waals surface area contributed by atoms with Gasteiger partial charge in [0.2, 0.25) is 5.95 Å². The average molecular weight is 660 g/mol. The fourth-order valence-electron chi connectivity index (χ4n) is 5.14. The molecule has 224 valence electrons. The third-order valence-electron chi connectivity index (χ3n) is 7.06. The van der Waals surface area contributed by atoms with E-state index in [0.717, 1.165) is 0 Å². The zero-order valence-corrected chi connectivity index (χ0v) is 24.9. The number of fused-ring (bicyclic) bond motifs is 2. The van der Waals surface area contributed by atoms with E-state index in [-0.39, 0.29) is 43.2 Å². The highest BCUT2D eigenvalue weighted by molar-refractivity contribution is 8.39. The molecule has 6 heterocycles. The van der Waals surface area contributed by atoms with Crippen LogP contribution in [-0.2, 0) is 34.9 Å². The molecule has 0 radical (unpaired) electrons. The van der Waals surface area contributed by atoms with E-state index in [1.165, 1.54) is 11.0 Å². The van der Waals surface area contributed by atoms with Crippen LogP contribution >= 0.6 is 26.0 Å². The van der Waals surface area contributed by atoms with Crippen molar-refractivity contribution in [3.63, 3.8) is 0 Å². The predicted octanol–water partition coefficient (Wildman–Crippen LogP) is 0.351. The fourth-order valence-corrected chi connectivity index (χ4v) is 8.28. The van der Waals surface area contributed by atoms with Crippen molar-refractivity contribution in [1.29, 1.82) is 0 Å². The van der Waals surface area contributed by atoms with Gasteiger partial charge in [-0.15, -0.1) is 9.62 Å². The van der Waals surface area contributed by atoms with Gasteiger partial charge in [-0.2, -0.15) is 9.67 Å². The number of aromatic amines is 1. The summed E-state index contributed by atoms with van der Waals surface area (Å²) in [5.41, 5.74) is 10.6. The third kappa shape index (κ3) is 5.43. The Morgan fingerprint density at radius 1 is 1.29 bits per heavy atom. The number of aromatic nitrogens is 8. The SMILES string of the molecule is Nc1nc2c(nnn2C2O[C@H](CO)C[C@H]2P(O)(=S)OC[C@H]2O[C@@H](n3ccc4c(N)ncnc43)C[C@@H]2O[P+](=O)S)c(=O)[nH]1. The number of H-pyrrole nitrogens is 1. The summed E-state index contributed by atoms with van der Waals surface area (Å²) >= 11 is 9.47. The summed E-state index contributed by atoms with van der Waals surface area (Å²) in [5, 5.41) is 18.3.